The fraction of sp³-hybridized carbons (Fsp3) is 0.735. The lowest BCUT2D eigenvalue weighted by Gasteiger charge is -2.17. The van der Waals surface area contributed by atoms with Crippen molar-refractivity contribution >= 4 is 23.8 Å². The molecule has 10 heteroatoms. The maximum Gasteiger partial charge on any atom is 0.513 e. The van der Waals surface area contributed by atoms with Crippen molar-refractivity contribution in [2.45, 2.75) is 201 Å². The van der Waals surface area contributed by atoms with Crippen molar-refractivity contribution in [1.29, 1.82) is 0 Å². The van der Waals surface area contributed by atoms with Gasteiger partial charge in [-0.3, -0.25) is 19.7 Å². The van der Waals surface area contributed by atoms with Crippen LogP contribution in [0.4, 0.5) is 10.5 Å². The van der Waals surface area contributed by atoms with E-state index in [1.54, 1.807) is 0 Å². The molecule has 0 fully saturated rings. The van der Waals surface area contributed by atoms with Crippen molar-refractivity contribution in [3.63, 3.8) is 0 Å². The third-order valence-electron chi connectivity index (χ3n) is 10.7. The van der Waals surface area contributed by atoms with Gasteiger partial charge in [0, 0.05) is 30.9 Å². The second kappa shape index (κ2) is 38.5. The molecule has 0 saturated heterocycles. The molecule has 1 aromatic carbocycles. The number of nitro groups is 1. The van der Waals surface area contributed by atoms with Crippen LogP contribution in [0.15, 0.2) is 48.6 Å². The number of ether oxygens (including phenoxy) is 4. The van der Waals surface area contributed by atoms with E-state index in [0.29, 0.717) is 31.8 Å². The number of hydrogen-bond acceptors (Lipinski definition) is 9. The van der Waals surface area contributed by atoms with Crippen LogP contribution in [-0.2, 0) is 23.8 Å². The van der Waals surface area contributed by atoms with E-state index in [-0.39, 0.29) is 42.5 Å². The molecule has 0 amide bonds. The molecule has 2 unspecified atom stereocenters. The van der Waals surface area contributed by atoms with Crippen LogP contribution in [0.5, 0.6) is 5.75 Å². The number of hydrogen-bond donors (Lipinski definition) is 0. The molecular formula is C49H81NO9. The van der Waals surface area contributed by atoms with Gasteiger partial charge in [0.05, 0.1) is 18.1 Å². The van der Waals surface area contributed by atoms with Crippen molar-refractivity contribution in [3.05, 3.63) is 58.7 Å². The second-order valence-electron chi connectivity index (χ2n) is 16.1. The third kappa shape index (κ3) is 32.8. The SMILES string of the molecule is CCCCC/C=C\C/C=C\CCCCCCCC(=O)OCC(CCCCCCCCC(=O)OCC(CCCC)CCCCCC)COC(=O)Oc1ccc([N+](=O)[O-])cc1. The van der Waals surface area contributed by atoms with Crippen LogP contribution in [0, 0.1) is 22.0 Å². The number of carbonyl (C=O) groups is 3. The number of benzene rings is 1. The van der Waals surface area contributed by atoms with Crippen molar-refractivity contribution in [1.82, 2.24) is 0 Å². The molecule has 0 N–H and O–H groups in total. The first-order valence-corrected chi connectivity index (χ1v) is 23.5. The number of rotatable bonds is 39. The smallest absolute Gasteiger partial charge is 0.465 e. The highest BCUT2D eigenvalue weighted by atomic mass is 16.7. The highest BCUT2D eigenvalue weighted by molar-refractivity contribution is 5.69. The number of allylic oxidation sites excluding steroid dienone is 4. The fourth-order valence-electron chi connectivity index (χ4n) is 6.88. The quantitative estimate of drug-likeness (QED) is 0.0121. The van der Waals surface area contributed by atoms with Gasteiger partial charge in [-0.1, -0.05) is 148 Å². The Hall–Kier alpha value is -3.69. The molecule has 0 aromatic heterocycles. The Kier molecular flexibility index (Phi) is 34.8. The molecular weight excluding hydrogens is 747 g/mol. The molecule has 0 aliphatic rings. The summed E-state index contributed by atoms with van der Waals surface area (Å²) < 4.78 is 21.9. The lowest BCUT2D eigenvalue weighted by molar-refractivity contribution is -0.384. The van der Waals surface area contributed by atoms with Crippen LogP contribution in [0.25, 0.3) is 0 Å². The number of carbonyl (C=O) groups excluding carboxylic acids is 3. The van der Waals surface area contributed by atoms with Crippen LogP contribution >= 0.6 is 0 Å². The Morgan fingerprint density at radius 1 is 0.542 bits per heavy atom. The van der Waals surface area contributed by atoms with Crippen LogP contribution < -0.4 is 4.74 Å². The van der Waals surface area contributed by atoms with E-state index < -0.39 is 11.1 Å². The topological polar surface area (TPSA) is 131 Å². The van der Waals surface area contributed by atoms with E-state index >= 15 is 0 Å². The third-order valence-corrected chi connectivity index (χ3v) is 10.7. The Bertz CT molecular complexity index is 1260. The maximum absolute atomic E-state index is 12.6. The molecule has 2 atom stereocenters. The van der Waals surface area contributed by atoms with Gasteiger partial charge in [0.1, 0.15) is 12.4 Å². The first kappa shape index (κ1) is 53.3. The molecule has 1 aromatic rings. The number of nitrogens with zero attached hydrogens (tertiary/aromatic N) is 1. The summed E-state index contributed by atoms with van der Waals surface area (Å²) in [6.45, 7) is 7.40. The average Bonchev–Trinajstić information content (AvgIpc) is 3.23. The summed E-state index contributed by atoms with van der Waals surface area (Å²) in [5.74, 6) is 0.111. The molecule has 0 saturated carbocycles. The Labute approximate surface area is 357 Å². The van der Waals surface area contributed by atoms with Crippen LogP contribution in [0.3, 0.4) is 0 Å². The Balaban J connectivity index is 2.38. The van der Waals surface area contributed by atoms with Gasteiger partial charge in [-0.15, -0.1) is 0 Å². The second-order valence-corrected chi connectivity index (χ2v) is 16.1. The molecule has 0 radical (unpaired) electrons. The Morgan fingerprint density at radius 2 is 0.983 bits per heavy atom. The number of unbranched alkanes of at least 4 members (excludes halogenated alkanes) is 17. The summed E-state index contributed by atoms with van der Waals surface area (Å²) >= 11 is 0. The number of nitro benzene ring substituents is 1. The van der Waals surface area contributed by atoms with Crippen molar-refractivity contribution in [3.8, 4) is 5.75 Å². The summed E-state index contributed by atoms with van der Waals surface area (Å²) in [5, 5.41) is 10.9. The standard InChI is InChI=1S/C49H81NO9/c1-4-7-10-12-13-14-15-16-17-18-19-20-21-25-29-35-48(52)57-41-44(42-58-49(53)59-46-38-36-45(37-39-46)50(54)55)33-28-24-22-23-26-30-34-47(51)56-40-43(31-9-6-3)32-27-11-8-5-2/h13-14,16-17,36-39,43-44H,4-12,15,18-35,40-42H2,1-3H3/b14-13-,17-16-. The minimum Gasteiger partial charge on any atom is -0.465 e. The molecule has 0 aliphatic carbocycles. The van der Waals surface area contributed by atoms with Crippen molar-refractivity contribution in [2.24, 2.45) is 11.8 Å². The average molecular weight is 828 g/mol. The summed E-state index contributed by atoms with van der Waals surface area (Å²) in [6.07, 6.45) is 37.3. The summed E-state index contributed by atoms with van der Waals surface area (Å²) in [4.78, 5) is 47.8. The molecule has 0 heterocycles. The summed E-state index contributed by atoms with van der Waals surface area (Å²) in [5.41, 5.74) is -0.107. The van der Waals surface area contributed by atoms with Gasteiger partial charge in [0.15, 0.2) is 0 Å². The highest BCUT2D eigenvalue weighted by Crippen LogP contribution is 2.21. The van der Waals surface area contributed by atoms with Gasteiger partial charge in [-0.05, 0) is 82.3 Å². The molecule has 336 valence electrons. The molecule has 0 bridgehead atoms. The highest BCUT2D eigenvalue weighted by Gasteiger charge is 2.17. The monoisotopic (exact) mass is 828 g/mol. The predicted molar refractivity (Wildman–Crippen MR) is 239 cm³/mol. The van der Waals surface area contributed by atoms with Gasteiger partial charge < -0.3 is 18.9 Å². The van der Waals surface area contributed by atoms with Crippen LogP contribution in [-0.4, -0.2) is 42.8 Å². The molecule has 0 aliphatic heterocycles. The van der Waals surface area contributed by atoms with Crippen molar-refractivity contribution < 1.29 is 38.3 Å². The Morgan fingerprint density at radius 3 is 1.56 bits per heavy atom. The van der Waals surface area contributed by atoms with Gasteiger partial charge in [0.25, 0.3) is 5.69 Å². The van der Waals surface area contributed by atoms with E-state index in [1.807, 2.05) is 0 Å². The normalized spacial score (nSPS) is 12.5. The largest absolute Gasteiger partial charge is 0.513 e. The fourth-order valence-corrected chi connectivity index (χ4v) is 6.88. The van der Waals surface area contributed by atoms with E-state index in [0.717, 1.165) is 96.3 Å². The van der Waals surface area contributed by atoms with Crippen molar-refractivity contribution in [2.75, 3.05) is 19.8 Å². The van der Waals surface area contributed by atoms with Gasteiger partial charge >= 0.3 is 18.1 Å². The number of non-ortho nitro benzene ring substituents is 1. The summed E-state index contributed by atoms with van der Waals surface area (Å²) in [6, 6.07) is 5.20. The minimum atomic E-state index is -0.915. The molecule has 1 rings (SSSR count). The maximum atomic E-state index is 12.6. The van der Waals surface area contributed by atoms with E-state index in [4.69, 9.17) is 18.9 Å². The summed E-state index contributed by atoms with van der Waals surface area (Å²) in [7, 11) is 0. The minimum absolute atomic E-state index is 0.0307. The molecule has 0 spiro atoms. The first-order chi connectivity index (χ1) is 28.8. The van der Waals surface area contributed by atoms with Gasteiger partial charge in [0.2, 0.25) is 0 Å². The zero-order valence-corrected chi connectivity index (χ0v) is 37.3. The van der Waals surface area contributed by atoms with Crippen LogP contribution in [0.2, 0.25) is 0 Å². The number of esters is 2. The van der Waals surface area contributed by atoms with E-state index in [2.05, 4.69) is 45.1 Å². The lowest BCUT2D eigenvalue weighted by Crippen LogP contribution is -2.22. The predicted octanol–water partition coefficient (Wildman–Crippen LogP) is 14.5. The van der Waals surface area contributed by atoms with Gasteiger partial charge in [-0.25, -0.2) is 4.79 Å². The lowest BCUT2D eigenvalue weighted by atomic mass is 9.96. The van der Waals surface area contributed by atoms with E-state index in [1.165, 1.54) is 88.5 Å². The van der Waals surface area contributed by atoms with Crippen LogP contribution in [0.1, 0.15) is 201 Å². The zero-order valence-electron chi connectivity index (χ0n) is 37.3. The zero-order chi connectivity index (χ0) is 43.0. The molecule has 59 heavy (non-hydrogen) atoms. The van der Waals surface area contributed by atoms with E-state index in [9.17, 15) is 24.5 Å². The first-order valence-electron chi connectivity index (χ1n) is 23.5. The molecule has 10 nitrogen and oxygen atoms in total. The van der Waals surface area contributed by atoms with Gasteiger partial charge in [-0.2, -0.15) is 0 Å².